The van der Waals surface area contributed by atoms with E-state index in [0.717, 1.165) is 17.9 Å². The first-order valence-corrected chi connectivity index (χ1v) is 7.21. The van der Waals surface area contributed by atoms with Crippen LogP contribution in [0.1, 0.15) is 54.4 Å². The Morgan fingerprint density at radius 1 is 1.37 bits per heavy atom. The van der Waals surface area contributed by atoms with E-state index >= 15 is 0 Å². The number of nitrogens with one attached hydrogen (secondary N) is 1. The largest absolute Gasteiger partial charge is 0.352 e. The second-order valence-corrected chi connectivity index (χ2v) is 5.51. The molecule has 104 valence electrons. The zero-order chi connectivity index (χ0) is 13.7. The van der Waals surface area contributed by atoms with Crippen LogP contribution in [0.25, 0.3) is 0 Å². The molecule has 1 N–H and O–H groups in total. The fraction of sp³-hybridized carbons (Fsp3) is 0.562. The highest BCUT2D eigenvalue weighted by atomic mass is 19.1. The molecule has 2 nitrogen and oxygen atoms in total. The van der Waals surface area contributed by atoms with Gasteiger partial charge in [0.1, 0.15) is 5.82 Å². The second-order valence-electron chi connectivity index (χ2n) is 5.51. The molecule has 0 atom stereocenters. The SMILES string of the molecule is Cc1ccc(F)cc1C(=O)NCCCC1CCCC1. The van der Waals surface area contributed by atoms with Gasteiger partial charge in [-0.2, -0.15) is 0 Å². The number of carbonyl (C=O) groups is 1. The van der Waals surface area contributed by atoms with Crippen molar-refractivity contribution in [2.24, 2.45) is 5.92 Å². The summed E-state index contributed by atoms with van der Waals surface area (Å²) in [6.45, 7) is 2.51. The molecule has 1 aromatic carbocycles. The fourth-order valence-electron chi connectivity index (χ4n) is 2.83. The van der Waals surface area contributed by atoms with Crippen LogP contribution in [-0.4, -0.2) is 12.5 Å². The first kappa shape index (κ1) is 14.0. The molecule has 0 heterocycles. The average molecular weight is 263 g/mol. The van der Waals surface area contributed by atoms with Gasteiger partial charge in [0.15, 0.2) is 0 Å². The minimum absolute atomic E-state index is 0.163. The number of amides is 1. The Labute approximate surface area is 114 Å². The molecule has 1 saturated carbocycles. The van der Waals surface area contributed by atoms with Gasteiger partial charge in [-0.1, -0.05) is 31.7 Å². The molecule has 0 aromatic heterocycles. The van der Waals surface area contributed by atoms with Gasteiger partial charge in [0, 0.05) is 12.1 Å². The molecule has 1 aromatic rings. The number of halogens is 1. The minimum Gasteiger partial charge on any atom is -0.352 e. The average Bonchev–Trinajstić information content (AvgIpc) is 2.90. The van der Waals surface area contributed by atoms with Crippen LogP contribution < -0.4 is 5.32 Å². The third-order valence-corrected chi connectivity index (χ3v) is 3.99. The van der Waals surface area contributed by atoms with Gasteiger partial charge in [0.2, 0.25) is 0 Å². The zero-order valence-corrected chi connectivity index (χ0v) is 11.5. The van der Waals surface area contributed by atoms with Crippen LogP contribution >= 0.6 is 0 Å². The van der Waals surface area contributed by atoms with Crippen molar-refractivity contribution in [3.05, 3.63) is 35.1 Å². The van der Waals surface area contributed by atoms with E-state index in [1.54, 1.807) is 6.07 Å². The van der Waals surface area contributed by atoms with Crippen molar-refractivity contribution in [3.8, 4) is 0 Å². The van der Waals surface area contributed by atoms with Crippen molar-refractivity contribution in [3.63, 3.8) is 0 Å². The quantitative estimate of drug-likeness (QED) is 0.804. The van der Waals surface area contributed by atoms with E-state index in [2.05, 4.69) is 5.32 Å². The van der Waals surface area contributed by atoms with E-state index in [-0.39, 0.29) is 11.7 Å². The smallest absolute Gasteiger partial charge is 0.251 e. The maximum absolute atomic E-state index is 13.1. The summed E-state index contributed by atoms with van der Waals surface area (Å²) in [6.07, 6.45) is 7.63. The first-order valence-electron chi connectivity index (χ1n) is 7.21. The highest BCUT2D eigenvalue weighted by molar-refractivity contribution is 5.95. The molecule has 1 amide bonds. The summed E-state index contributed by atoms with van der Waals surface area (Å²) in [7, 11) is 0. The van der Waals surface area contributed by atoms with Crippen molar-refractivity contribution in [1.29, 1.82) is 0 Å². The first-order chi connectivity index (χ1) is 9.16. The molecule has 0 aliphatic heterocycles. The predicted molar refractivity (Wildman–Crippen MR) is 74.7 cm³/mol. The lowest BCUT2D eigenvalue weighted by molar-refractivity contribution is 0.0951. The topological polar surface area (TPSA) is 29.1 Å². The number of rotatable bonds is 5. The summed E-state index contributed by atoms with van der Waals surface area (Å²) < 4.78 is 13.1. The highest BCUT2D eigenvalue weighted by Crippen LogP contribution is 2.28. The molecule has 0 bridgehead atoms. The Balaban J connectivity index is 1.75. The normalized spacial score (nSPS) is 15.7. The van der Waals surface area contributed by atoms with Crippen LogP contribution in [0.4, 0.5) is 4.39 Å². The van der Waals surface area contributed by atoms with Gasteiger partial charge in [0.25, 0.3) is 5.91 Å². The molecular weight excluding hydrogens is 241 g/mol. The number of aryl methyl sites for hydroxylation is 1. The second kappa shape index (κ2) is 6.69. The summed E-state index contributed by atoms with van der Waals surface area (Å²) in [6, 6.07) is 4.33. The van der Waals surface area contributed by atoms with Crippen LogP contribution in [0.3, 0.4) is 0 Å². The highest BCUT2D eigenvalue weighted by Gasteiger charge is 2.14. The molecule has 0 unspecified atom stereocenters. The standard InChI is InChI=1S/C16H22FNO/c1-12-8-9-14(17)11-15(12)16(19)18-10-4-7-13-5-2-3-6-13/h8-9,11,13H,2-7,10H2,1H3,(H,18,19). The van der Waals surface area contributed by atoms with Crippen molar-refractivity contribution < 1.29 is 9.18 Å². The van der Waals surface area contributed by atoms with Crippen LogP contribution in [0, 0.1) is 18.7 Å². The van der Waals surface area contributed by atoms with Gasteiger partial charge in [-0.15, -0.1) is 0 Å². The molecular formula is C16H22FNO. The molecule has 1 aliphatic rings. The maximum Gasteiger partial charge on any atom is 0.251 e. The molecule has 1 fully saturated rings. The zero-order valence-electron chi connectivity index (χ0n) is 11.5. The third-order valence-electron chi connectivity index (χ3n) is 3.99. The Morgan fingerprint density at radius 2 is 2.11 bits per heavy atom. The van der Waals surface area contributed by atoms with E-state index in [4.69, 9.17) is 0 Å². The Morgan fingerprint density at radius 3 is 2.84 bits per heavy atom. The van der Waals surface area contributed by atoms with E-state index in [1.807, 2.05) is 6.92 Å². The van der Waals surface area contributed by atoms with Crippen LogP contribution in [0.15, 0.2) is 18.2 Å². The van der Waals surface area contributed by atoms with Crippen molar-refractivity contribution in [2.75, 3.05) is 6.54 Å². The summed E-state index contributed by atoms with van der Waals surface area (Å²) in [5.41, 5.74) is 1.26. The molecule has 0 radical (unpaired) electrons. The van der Waals surface area contributed by atoms with Crippen LogP contribution in [0.5, 0.6) is 0 Å². The summed E-state index contributed by atoms with van der Waals surface area (Å²) >= 11 is 0. The summed E-state index contributed by atoms with van der Waals surface area (Å²) in [5, 5.41) is 2.89. The van der Waals surface area contributed by atoms with Gasteiger partial charge in [0.05, 0.1) is 0 Å². The van der Waals surface area contributed by atoms with Crippen molar-refractivity contribution in [2.45, 2.75) is 45.4 Å². The Bertz CT molecular complexity index is 438. The van der Waals surface area contributed by atoms with Gasteiger partial charge < -0.3 is 5.32 Å². The van der Waals surface area contributed by atoms with E-state index in [0.29, 0.717) is 12.1 Å². The van der Waals surface area contributed by atoms with Crippen molar-refractivity contribution >= 4 is 5.91 Å². The summed E-state index contributed by atoms with van der Waals surface area (Å²) in [5.74, 6) is 0.331. The monoisotopic (exact) mass is 263 g/mol. The lowest BCUT2D eigenvalue weighted by atomic mass is 10.0. The molecule has 2 rings (SSSR count). The molecule has 1 aliphatic carbocycles. The Kier molecular flexibility index (Phi) is 4.94. The van der Waals surface area contributed by atoms with Crippen molar-refractivity contribution in [1.82, 2.24) is 5.32 Å². The Hall–Kier alpha value is -1.38. The van der Waals surface area contributed by atoms with E-state index < -0.39 is 0 Å². The van der Waals surface area contributed by atoms with Gasteiger partial charge in [-0.3, -0.25) is 4.79 Å². The van der Waals surface area contributed by atoms with E-state index in [9.17, 15) is 9.18 Å². The lowest BCUT2D eigenvalue weighted by Gasteiger charge is -2.10. The summed E-state index contributed by atoms with van der Waals surface area (Å²) in [4.78, 5) is 11.9. The van der Waals surface area contributed by atoms with Gasteiger partial charge >= 0.3 is 0 Å². The van der Waals surface area contributed by atoms with Crippen LogP contribution in [0.2, 0.25) is 0 Å². The molecule has 19 heavy (non-hydrogen) atoms. The van der Waals surface area contributed by atoms with Crippen LogP contribution in [-0.2, 0) is 0 Å². The number of carbonyl (C=O) groups excluding carboxylic acids is 1. The molecule has 0 spiro atoms. The van der Waals surface area contributed by atoms with Gasteiger partial charge in [-0.05, 0) is 43.4 Å². The fourth-order valence-corrected chi connectivity index (χ4v) is 2.83. The van der Waals surface area contributed by atoms with E-state index in [1.165, 1.54) is 44.2 Å². The lowest BCUT2D eigenvalue weighted by Crippen LogP contribution is -2.25. The third kappa shape index (κ3) is 4.05. The van der Waals surface area contributed by atoms with Gasteiger partial charge in [-0.25, -0.2) is 4.39 Å². The molecule has 0 saturated heterocycles. The number of benzene rings is 1. The number of hydrogen-bond donors (Lipinski definition) is 1. The predicted octanol–water partition coefficient (Wildman–Crippen LogP) is 3.83. The molecule has 3 heteroatoms. The number of hydrogen-bond acceptors (Lipinski definition) is 1. The maximum atomic E-state index is 13.1. The minimum atomic E-state index is -0.360.